The van der Waals surface area contributed by atoms with E-state index in [0.29, 0.717) is 34.3 Å². The summed E-state index contributed by atoms with van der Waals surface area (Å²) in [5.41, 5.74) is 7.09. The Kier molecular flexibility index (Phi) is 6.89. The summed E-state index contributed by atoms with van der Waals surface area (Å²) in [6.07, 6.45) is 0.627. The Hall–Kier alpha value is -4.22. The highest BCUT2D eigenvalue weighted by Crippen LogP contribution is 2.42. The molecule has 1 aliphatic heterocycles. The van der Waals surface area contributed by atoms with Crippen molar-refractivity contribution in [1.29, 1.82) is 0 Å². The zero-order chi connectivity index (χ0) is 25.9. The van der Waals surface area contributed by atoms with Gasteiger partial charge in [0, 0.05) is 21.8 Å². The zero-order valence-corrected chi connectivity index (χ0v) is 21.6. The van der Waals surface area contributed by atoms with Crippen molar-refractivity contribution in [3.63, 3.8) is 0 Å². The highest BCUT2D eigenvalue weighted by Gasteiger charge is 2.29. The Balaban J connectivity index is 1.58. The first kappa shape index (κ1) is 24.5. The summed E-state index contributed by atoms with van der Waals surface area (Å²) >= 11 is 6.15. The maximum absolute atomic E-state index is 13.4. The molecular formula is C31H26ClNO4. The fourth-order valence-electron chi connectivity index (χ4n) is 4.73. The van der Waals surface area contributed by atoms with Crippen LogP contribution >= 0.6 is 11.6 Å². The van der Waals surface area contributed by atoms with E-state index in [1.165, 1.54) is 0 Å². The molecule has 5 rings (SSSR count). The highest BCUT2D eigenvalue weighted by molar-refractivity contribution is 6.38. The number of rotatable bonds is 7. The van der Waals surface area contributed by atoms with Crippen LogP contribution in [0, 0.1) is 0 Å². The third kappa shape index (κ3) is 4.78. The molecular weight excluding hydrogens is 486 g/mol. The first-order valence-electron chi connectivity index (χ1n) is 11.8. The Labute approximate surface area is 221 Å². The molecule has 0 bridgehead atoms. The van der Waals surface area contributed by atoms with Crippen LogP contribution in [0.4, 0.5) is 5.69 Å². The van der Waals surface area contributed by atoms with Crippen molar-refractivity contribution in [2.24, 2.45) is 0 Å². The molecule has 0 spiro atoms. The van der Waals surface area contributed by atoms with Crippen LogP contribution in [0.1, 0.15) is 27.8 Å². The molecule has 1 aliphatic rings. The fourth-order valence-corrected chi connectivity index (χ4v) is 4.85. The van der Waals surface area contributed by atoms with Crippen molar-refractivity contribution >= 4 is 34.3 Å². The quantitative estimate of drug-likeness (QED) is 0.275. The number of ether oxygens (including phenoxy) is 3. The van der Waals surface area contributed by atoms with Gasteiger partial charge in [-0.3, -0.25) is 4.79 Å². The molecule has 4 aromatic rings. The molecule has 0 saturated carbocycles. The molecule has 4 aromatic carbocycles. The van der Waals surface area contributed by atoms with E-state index >= 15 is 0 Å². The van der Waals surface area contributed by atoms with Crippen LogP contribution in [0.15, 0.2) is 84.9 Å². The SMILES string of the molecule is COc1cc(Cc2ccc3c(c2)NC(=O)/C3=C(\c2ccccc2)c2ccc(Cl)cc2)cc(OC)c1OC. The Bertz CT molecular complexity index is 1470. The molecule has 0 fully saturated rings. The number of hydrogen-bond donors (Lipinski definition) is 1. The number of hydrogen-bond acceptors (Lipinski definition) is 4. The average molecular weight is 512 g/mol. The summed E-state index contributed by atoms with van der Waals surface area (Å²) in [4.78, 5) is 13.4. The highest BCUT2D eigenvalue weighted by atomic mass is 35.5. The zero-order valence-electron chi connectivity index (χ0n) is 20.8. The standard InChI is InChI=1S/C31H26ClNO4/c1-35-26-17-20(18-27(36-2)30(26)37-3)15-19-9-14-24-25(16-19)33-31(34)29(24)28(21-7-5-4-6-8-21)22-10-12-23(32)13-11-22/h4-14,16-18H,15H2,1-3H3,(H,33,34)/b29-28+. The molecule has 186 valence electrons. The predicted octanol–water partition coefficient (Wildman–Crippen LogP) is 6.87. The topological polar surface area (TPSA) is 56.8 Å². The smallest absolute Gasteiger partial charge is 0.257 e. The van der Waals surface area contributed by atoms with Crippen molar-refractivity contribution in [1.82, 2.24) is 0 Å². The van der Waals surface area contributed by atoms with Gasteiger partial charge in [-0.1, -0.05) is 66.2 Å². The maximum atomic E-state index is 13.4. The van der Waals surface area contributed by atoms with Gasteiger partial charge in [0.1, 0.15) is 0 Å². The molecule has 1 amide bonds. The molecule has 5 nitrogen and oxygen atoms in total. The van der Waals surface area contributed by atoms with E-state index in [0.717, 1.165) is 39.1 Å². The second-order valence-corrected chi connectivity index (χ2v) is 9.10. The first-order chi connectivity index (χ1) is 18.0. The fraction of sp³-hybridized carbons (Fsp3) is 0.129. The van der Waals surface area contributed by atoms with E-state index in [-0.39, 0.29) is 5.91 Å². The van der Waals surface area contributed by atoms with Crippen molar-refractivity contribution in [3.8, 4) is 17.2 Å². The normalized spacial score (nSPS) is 13.6. The van der Waals surface area contributed by atoms with E-state index in [1.54, 1.807) is 21.3 Å². The minimum absolute atomic E-state index is 0.131. The number of anilines is 1. The minimum atomic E-state index is -0.131. The van der Waals surface area contributed by atoms with E-state index < -0.39 is 0 Å². The molecule has 1 heterocycles. The number of fused-ring (bicyclic) bond motifs is 1. The molecule has 37 heavy (non-hydrogen) atoms. The van der Waals surface area contributed by atoms with Crippen molar-refractivity contribution in [2.75, 3.05) is 26.6 Å². The second kappa shape index (κ2) is 10.4. The first-order valence-corrected chi connectivity index (χ1v) is 12.2. The molecule has 1 N–H and O–H groups in total. The van der Waals surface area contributed by atoms with Gasteiger partial charge in [0.2, 0.25) is 5.75 Å². The number of halogens is 1. The van der Waals surface area contributed by atoms with Gasteiger partial charge in [0.05, 0.1) is 26.9 Å². The predicted molar refractivity (Wildman–Crippen MR) is 148 cm³/mol. The van der Waals surface area contributed by atoms with Crippen LogP contribution in [0.3, 0.4) is 0 Å². The summed E-state index contributed by atoms with van der Waals surface area (Å²) in [7, 11) is 4.79. The second-order valence-electron chi connectivity index (χ2n) is 8.67. The van der Waals surface area contributed by atoms with E-state index in [1.807, 2.05) is 84.9 Å². The van der Waals surface area contributed by atoms with Crippen LogP contribution in [0.5, 0.6) is 17.2 Å². The summed E-state index contributed by atoms with van der Waals surface area (Å²) in [6.45, 7) is 0. The largest absolute Gasteiger partial charge is 0.493 e. The van der Waals surface area contributed by atoms with Crippen LogP contribution in [0.2, 0.25) is 5.02 Å². The van der Waals surface area contributed by atoms with Gasteiger partial charge in [-0.2, -0.15) is 0 Å². The number of amides is 1. The summed E-state index contributed by atoms with van der Waals surface area (Å²) in [6, 6.07) is 27.5. The summed E-state index contributed by atoms with van der Waals surface area (Å²) in [5, 5.41) is 3.72. The number of carbonyl (C=O) groups excluding carboxylic acids is 1. The van der Waals surface area contributed by atoms with Gasteiger partial charge in [-0.15, -0.1) is 0 Å². The van der Waals surface area contributed by atoms with Gasteiger partial charge in [-0.05, 0) is 59.0 Å². The lowest BCUT2D eigenvalue weighted by atomic mass is 9.89. The molecule has 0 unspecified atom stereocenters. The van der Waals surface area contributed by atoms with Crippen LogP contribution in [0.25, 0.3) is 11.1 Å². The Morgan fingerprint density at radius 2 is 1.41 bits per heavy atom. The monoisotopic (exact) mass is 511 g/mol. The lowest BCUT2D eigenvalue weighted by Crippen LogP contribution is -2.06. The number of benzene rings is 4. The van der Waals surface area contributed by atoms with Crippen molar-refractivity contribution in [3.05, 3.63) is 118 Å². The molecule has 0 aliphatic carbocycles. The lowest BCUT2D eigenvalue weighted by Gasteiger charge is -2.14. The molecule has 6 heteroatoms. The average Bonchev–Trinajstić information content (AvgIpc) is 3.24. The summed E-state index contributed by atoms with van der Waals surface area (Å²) < 4.78 is 16.4. The third-order valence-corrected chi connectivity index (χ3v) is 6.66. The molecule has 0 aromatic heterocycles. The summed E-state index contributed by atoms with van der Waals surface area (Å²) in [5.74, 6) is 1.63. The van der Waals surface area contributed by atoms with Gasteiger partial charge in [-0.25, -0.2) is 0 Å². The lowest BCUT2D eigenvalue weighted by molar-refractivity contribution is -0.110. The molecule has 0 atom stereocenters. The van der Waals surface area contributed by atoms with Crippen LogP contribution in [-0.4, -0.2) is 27.2 Å². The molecule has 0 radical (unpaired) electrons. The Morgan fingerprint density at radius 1 is 0.757 bits per heavy atom. The van der Waals surface area contributed by atoms with Gasteiger partial charge in [0.25, 0.3) is 5.91 Å². The van der Waals surface area contributed by atoms with Gasteiger partial charge >= 0.3 is 0 Å². The number of carbonyl (C=O) groups is 1. The number of nitrogens with one attached hydrogen (secondary N) is 1. The van der Waals surface area contributed by atoms with Gasteiger partial charge in [0.15, 0.2) is 11.5 Å². The van der Waals surface area contributed by atoms with Crippen molar-refractivity contribution in [2.45, 2.75) is 6.42 Å². The maximum Gasteiger partial charge on any atom is 0.257 e. The number of methoxy groups -OCH3 is 3. The molecule has 0 saturated heterocycles. The third-order valence-electron chi connectivity index (χ3n) is 6.41. The van der Waals surface area contributed by atoms with Crippen LogP contribution < -0.4 is 19.5 Å². The Morgan fingerprint density at radius 3 is 2.03 bits per heavy atom. The van der Waals surface area contributed by atoms with Crippen molar-refractivity contribution < 1.29 is 19.0 Å². The van der Waals surface area contributed by atoms with Crippen LogP contribution in [-0.2, 0) is 11.2 Å². The van der Waals surface area contributed by atoms with E-state index in [2.05, 4.69) is 5.32 Å². The van der Waals surface area contributed by atoms with Gasteiger partial charge < -0.3 is 19.5 Å². The van der Waals surface area contributed by atoms with E-state index in [9.17, 15) is 4.79 Å². The van der Waals surface area contributed by atoms with E-state index in [4.69, 9.17) is 25.8 Å². The minimum Gasteiger partial charge on any atom is -0.493 e.